The molecule has 0 bridgehead atoms. The van der Waals surface area contributed by atoms with Crippen LogP contribution >= 0.6 is 0 Å². The maximum atomic E-state index is 12.2. The molecule has 1 aromatic carbocycles. The molecule has 1 saturated heterocycles. The standard InChI is InChI=1S/C18H24N2O6S/c1-20(11-17(21)19-14-8-9-27(23,24)12-14)18(22)7-5-13-4-6-15(25-2)16(10-13)26-3/h4-7,10,14H,8-9,11-12H2,1-3H3,(H,19,21)/b7-5+/t14-/m1/s1. The number of hydrogen-bond acceptors (Lipinski definition) is 6. The van der Waals surface area contributed by atoms with Gasteiger partial charge in [-0.1, -0.05) is 6.07 Å². The Labute approximate surface area is 159 Å². The highest BCUT2D eigenvalue weighted by atomic mass is 32.2. The van der Waals surface area contributed by atoms with E-state index in [0.29, 0.717) is 17.9 Å². The molecule has 0 saturated carbocycles. The second-order valence-corrected chi connectivity index (χ2v) is 8.54. The van der Waals surface area contributed by atoms with E-state index in [4.69, 9.17) is 9.47 Å². The summed E-state index contributed by atoms with van der Waals surface area (Å²) >= 11 is 0. The molecule has 27 heavy (non-hydrogen) atoms. The Morgan fingerprint density at radius 1 is 1.26 bits per heavy atom. The molecule has 0 aliphatic carbocycles. The minimum atomic E-state index is -3.06. The van der Waals surface area contributed by atoms with E-state index in [1.165, 1.54) is 32.2 Å². The monoisotopic (exact) mass is 396 g/mol. The van der Waals surface area contributed by atoms with Crippen molar-refractivity contribution in [1.82, 2.24) is 10.2 Å². The predicted octanol–water partition coefficient (Wildman–Crippen LogP) is 0.479. The van der Waals surface area contributed by atoms with Gasteiger partial charge in [0, 0.05) is 19.2 Å². The topological polar surface area (TPSA) is 102 Å². The highest BCUT2D eigenvalue weighted by Crippen LogP contribution is 2.27. The van der Waals surface area contributed by atoms with E-state index >= 15 is 0 Å². The number of methoxy groups -OCH3 is 2. The van der Waals surface area contributed by atoms with Gasteiger partial charge in [0.25, 0.3) is 0 Å². The van der Waals surface area contributed by atoms with Crippen LogP contribution < -0.4 is 14.8 Å². The Balaban J connectivity index is 1.89. The number of carbonyl (C=O) groups excluding carboxylic acids is 2. The van der Waals surface area contributed by atoms with E-state index in [-0.39, 0.29) is 35.9 Å². The van der Waals surface area contributed by atoms with Gasteiger partial charge in [0.1, 0.15) is 0 Å². The lowest BCUT2D eigenvalue weighted by molar-refractivity contribution is -0.131. The molecule has 1 atom stereocenters. The van der Waals surface area contributed by atoms with Gasteiger partial charge in [-0.25, -0.2) is 8.42 Å². The highest BCUT2D eigenvalue weighted by molar-refractivity contribution is 7.91. The summed E-state index contributed by atoms with van der Waals surface area (Å²) in [4.78, 5) is 25.4. The first kappa shape index (κ1) is 20.8. The summed E-state index contributed by atoms with van der Waals surface area (Å²) in [5, 5.41) is 2.66. The molecule has 1 heterocycles. The van der Waals surface area contributed by atoms with Gasteiger partial charge < -0.3 is 19.7 Å². The Bertz CT molecular complexity index is 834. The number of ether oxygens (including phenoxy) is 2. The van der Waals surface area contributed by atoms with Crippen molar-refractivity contribution in [2.75, 3.05) is 39.3 Å². The van der Waals surface area contributed by atoms with Crippen molar-refractivity contribution in [1.29, 1.82) is 0 Å². The van der Waals surface area contributed by atoms with Gasteiger partial charge in [-0.2, -0.15) is 0 Å². The van der Waals surface area contributed by atoms with Gasteiger partial charge in [0.05, 0.1) is 32.3 Å². The van der Waals surface area contributed by atoms with Crippen LogP contribution in [0.15, 0.2) is 24.3 Å². The largest absolute Gasteiger partial charge is 0.493 e. The lowest BCUT2D eigenvalue weighted by atomic mass is 10.2. The van der Waals surface area contributed by atoms with Crippen LogP contribution in [0.3, 0.4) is 0 Å². The van der Waals surface area contributed by atoms with Crippen LogP contribution in [0.25, 0.3) is 6.08 Å². The minimum absolute atomic E-state index is 0.0460. The second-order valence-electron chi connectivity index (χ2n) is 6.31. The lowest BCUT2D eigenvalue weighted by Crippen LogP contribution is -2.42. The first-order chi connectivity index (χ1) is 12.7. The van der Waals surface area contributed by atoms with Crippen LogP contribution in [-0.4, -0.2) is 70.5 Å². The number of carbonyl (C=O) groups is 2. The van der Waals surface area contributed by atoms with Crippen LogP contribution in [0.1, 0.15) is 12.0 Å². The van der Waals surface area contributed by atoms with Crippen LogP contribution in [0.4, 0.5) is 0 Å². The maximum Gasteiger partial charge on any atom is 0.246 e. The minimum Gasteiger partial charge on any atom is -0.493 e. The second kappa shape index (κ2) is 8.90. The fourth-order valence-electron chi connectivity index (χ4n) is 2.73. The van der Waals surface area contributed by atoms with Crippen molar-refractivity contribution in [3.63, 3.8) is 0 Å². The summed E-state index contributed by atoms with van der Waals surface area (Å²) in [6.07, 6.45) is 3.38. The Morgan fingerprint density at radius 3 is 2.56 bits per heavy atom. The molecule has 1 aromatic rings. The highest BCUT2D eigenvalue weighted by Gasteiger charge is 2.29. The van der Waals surface area contributed by atoms with Crippen molar-refractivity contribution in [2.45, 2.75) is 12.5 Å². The van der Waals surface area contributed by atoms with E-state index in [1.807, 2.05) is 0 Å². The summed E-state index contributed by atoms with van der Waals surface area (Å²) in [6, 6.07) is 4.86. The van der Waals surface area contributed by atoms with E-state index in [9.17, 15) is 18.0 Å². The first-order valence-corrected chi connectivity index (χ1v) is 10.2. The number of benzene rings is 1. The molecule has 1 aliphatic rings. The smallest absolute Gasteiger partial charge is 0.246 e. The van der Waals surface area contributed by atoms with Crippen molar-refractivity contribution >= 4 is 27.7 Å². The zero-order chi connectivity index (χ0) is 20.0. The molecule has 0 unspecified atom stereocenters. The number of sulfone groups is 1. The van der Waals surface area contributed by atoms with Gasteiger partial charge in [-0.05, 0) is 30.2 Å². The van der Waals surface area contributed by atoms with Gasteiger partial charge in [0.2, 0.25) is 11.8 Å². The van der Waals surface area contributed by atoms with Gasteiger partial charge in [-0.3, -0.25) is 9.59 Å². The summed E-state index contributed by atoms with van der Waals surface area (Å²) in [6.45, 7) is -0.147. The fraction of sp³-hybridized carbons (Fsp3) is 0.444. The van der Waals surface area contributed by atoms with Crippen LogP contribution in [-0.2, 0) is 19.4 Å². The number of nitrogens with zero attached hydrogens (tertiary/aromatic N) is 1. The van der Waals surface area contributed by atoms with Gasteiger partial charge >= 0.3 is 0 Å². The Morgan fingerprint density at radius 2 is 1.96 bits per heavy atom. The number of likely N-dealkylation sites (N-methyl/N-ethyl adjacent to an activating group) is 1. The molecule has 0 spiro atoms. The predicted molar refractivity (Wildman–Crippen MR) is 101 cm³/mol. The molecule has 0 aromatic heterocycles. The van der Waals surface area contributed by atoms with Crippen LogP contribution in [0, 0.1) is 0 Å². The SMILES string of the molecule is COc1ccc(/C=C/C(=O)N(C)CC(=O)N[C@@H]2CCS(=O)(=O)C2)cc1OC. The van der Waals surface area contributed by atoms with E-state index in [1.54, 1.807) is 24.3 Å². The quantitative estimate of drug-likeness (QED) is 0.673. The number of amides is 2. The molecule has 8 nitrogen and oxygen atoms in total. The number of nitrogens with one attached hydrogen (secondary N) is 1. The molecule has 0 radical (unpaired) electrons. The van der Waals surface area contributed by atoms with Gasteiger partial charge in [-0.15, -0.1) is 0 Å². The van der Waals surface area contributed by atoms with Crippen LogP contribution in [0.2, 0.25) is 0 Å². The average molecular weight is 396 g/mol. The third-order valence-electron chi connectivity index (χ3n) is 4.18. The fourth-order valence-corrected chi connectivity index (χ4v) is 4.40. The van der Waals surface area contributed by atoms with Gasteiger partial charge in [0.15, 0.2) is 21.3 Å². The van der Waals surface area contributed by atoms with Crippen molar-refractivity contribution in [3.8, 4) is 11.5 Å². The van der Waals surface area contributed by atoms with E-state index < -0.39 is 9.84 Å². The summed E-state index contributed by atoms with van der Waals surface area (Å²) in [5.41, 5.74) is 0.745. The van der Waals surface area contributed by atoms with Crippen molar-refractivity contribution in [2.24, 2.45) is 0 Å². The zero-order valence-corrected chi connectivity index (χ0v) is 16.4. The Kier molecular flexibility index (Phi) is 6.84. The van der Waals surface area contributed by atoms with E-state index in [2.05, 4.69) is 5.32 Å². The molecule has 2 rings (SSSR count). The molecular formula is C18H24N2O6S. The number of rotatable bonds is 7. The molecule has 9 heteroatoms. The summed E-state index contributed by atoms with van der Waals surface area (Å²) in [5.74, 6) is 0.442. The molecule has 148 valence electrons. The first-order valence-electron chi connectivity index (χ1n) is 8.39. The van der Waals surface area contributed by atoms with Crippen molar-refractivity contribution in [3.05, 3.63) is 29.8 Å². The van der Waals surface area contributed by atoms with Crippen molar-refractivity contribution < 1.29 is 27.5 Å². The molecule has 2 amide bonds. The summed E-state index contributed by atoms with van der Waals surface area (Å²) < 4.78 is 33.2. The zero-order valence-electron chi connectivity index (χ0n) is 15.6. The molecule has 1 N–H and O–H groups in total. The maximum absolute atomic E-state index is 12.2. The normalized spacial score (nSPS) is 18.3. The average Bonchev–Trinajstić information content (AvgIpc) is 2.97. The third kappa shape index (κ3) is 5.99. The molecule has 1 fully saturated rings. The number of hydrogen-bond donors (Lipinski definition) is 1. The Hall–Kier alpha value is -2.55. The lowest BCUT2D eigenvalue weighted by Gasteiger charge is -2.17. The summed E-state index contributed by atoms with van der Waals surface area (Å²) in [7, 11) is 1.51. The third-order valence-corrected chi connectivity index (χ3v) is 5.95. The molecule has 1 aliphatic heterocycles. The molecular weight excluding hydrogens is 372 g/mol. The van der Waals surface area contributed by atoms with E-state index in [0.717, 1.165) is 5.56 Å². The van der Waals surface area contributed by atoms with Crippen LogP contribution in [0.5, 0.6) is 11.5 Å².